The molecule has 0 N–H and O–H groups in total. The number of hydrogen-bond acceptors (Lipinski definition) is 4. The van der Waals surface area contributed by atoms with Crippen LogP contribution in [0.25, 0.3) is 78.0 Å². The first-order valence-electron chi connectivity index (χ1n) is 15.3. The van der Waals surface area contributed by atoms with E-state index in [4.69, 9.17) is 19.9 Å². The number of pyridine rings is 1. The molecule has 0 aliphatic heterocycles. The van der Waals surface area contributed by atoms with E-state index in [1.165, 1.54) is 27.3 Å². The van der Waals surface area contributed by atoms with Crippen LogP contribution < -0.4 is 0 Å². The maximum absolute atomic E-state index is 5.02. The molecule has 5 nitrogen and oxygen atoms in total. The van der Waals surface area contributed by atoms with Crippen LogP contribution in [0, 0.1) is 0 Å². The van der Waals surface area contributed by atoms with Crippen molar-refractivity contribution >= 4 is 43.8 Å². The summed E-state index contributed by atoms with van der Waals surface area (Å²) in [6.45, 7) is 0. The van der Waals surface area contributed by atoms with Gasteiger partial charge in [-0.15, -0.1) is 0 Å². The average molecular weight is 578 g/mol. The van der Waals surface area contributed by atoms with Gasteiger partial charge in [-0.1, -0.05) is 103 Å². The molecule has 0 bridgehead atoms. The molecule has 9 rings (SSSR count). The molecule has 5 heteroatoms. The molecule has 5 aromatic carbocycles. The fourth-order valence-corrected chi connectivity index (χ4v) is 6.39. The molecular formula is C40H27N5. The van der Waals surface area contributed by atoms with Crippen molar-refractivity contribution in [3.8, 4) is 34.2 Å². The molecule has 0 unspecified atom stereocenters. The van der Waals surface area contributed by atoms with Crippen LogP contribution in [0.3, 0.4) is 0 Å². The minimum atomic E-state index is 0.654. The summed E-state index contributed by atoms with van der Waals surface area (Å²) >= 11 is 0. The van der Waals surface area contributed by atoms with Crippen LogP contribution in [0.1, 0.15) is 18.4 Å². The molecule has 3 aromatic heterocycles. The summed E-state index contributed by atoms with van der Waals surface area (Å²) in [7, 11) is 0. The van der Waals surface area contributed by atoms with E-state index in [1.54, 1.807) is 0 Å². The lowest BCUT2D eigenvalue weighted by Gasteiger charge is -2.10. The molecule has 1 aliphatic rings. The molecule has 0 saturated heterocycles. The molecule has 0 amide bonds. The summed E-state index contributed by atoms with van der Waals surface area (Å²) in [5.74, 6) is 1.97. The van der Waals surface area contributed by atoms with Crippen molar-refractivity contribution in [1.82, 2.24) is 24.3 Å². The molecule has 0 spiro atoms. The van der Waals surface area contributed by atoms with Crippen molar-refractivity contribution in [2.24, 2.45) is 0 Å². The maximum atomic E-state index is 5.02. The Bertz CT molecular complexity index is 2420. The van der Waals surface area contributed by atoms with Gasteiger partial charge in [0.25, 0.3) is 0 Å². The quantitative estimate of drug-likeness (QED) is 0.195. The fourth-order valence-electron chi connectivity index (χ4n) is 6.39. The second-order valence-electron chi connectivity index (χ2n) is 11.5. The first kappa shape index (κ1) is 25.5. The van der Waals surface area contributed by atoms with Gasteiger partial charge in [-0.2, -0.15) is 0 Å². The molecule has 8 aromatic rings. The molecule has 1 aliphatic carbocycles. The highest BCUT2D eigenvalue weighted by atomic mass is 15.0. The van der Waals surface area contributed by atoms with Gasteiger partial charge in [0.15, 0.2) is 17.5 Å². The highest BCUT2D eigenvalue weighted by Gasteiger charge is 2.14. The Labute approximate surface area is 259 Å². The van der Waals surface area contributed by atoms with Crippen molar-refractivity contribution in [2.75, 3.05) is 0 Å². The summed E-state index contributed by atoms with van der Waals surface area (Å²) in [6, 6.07) is 39.9. The Morgan fingerprint density at radius 2 is 1.22 bits per heavy atom. The smallest absolute Gasteiger partial charge is 0.164 e. The van der Waals surface area contributed by atoms with Crippen LogP contribution >= 0.6 is 0 Å². The number of nitrogens with zero attached hydrogens (tertiary/aromatic N) is 5. The largest absolute Gasteiger partial charge is 0.300 e. The number of imidazole rings is 1. The predicted octanol–water partition coefficient (Wildman–Crippen LogP) is 9.71. The lowest BCUT2D eigenvalue weighted by atomic mass is 9.98. The summed E-state index contributed by atoms with van der Waals surface area (Å²) in [4.78, 5) is 19.7. The zero-order valence-electron chi connectivity index (χ0n) is 24.4. The monoisotopic (exact) mass is 577 g/mol. The maximum Gasteiger partial charge on any atom is 0.164 e. The third kappa shape index (κ3) is 4.48. The number of aromatic nitrogens is 5. The predicted molar refractivity (Wildman–Crippen MR) is 184 cm³/mol. The zero-order chi connectivity index (χ0) is 29.7. The first-order chi connectivity index (χ1) is 22.3. The van der Waals surface area contributed by atoms with Crippen LogP contribution in [0.5, 0.6) is 0 Å². The van der Waals surface area contributed by atoms with Gasteiger partial charge in [-0.25, -0.2) is 19.9 Å². The van der Waals surface area contributed by atoms with Crippen LogP contribution in [0.4, 0.5) is 0 Å². The van der Waals surface area contributed by atoms with Gasteiger partial charge in [0, 0.05) is 22.9 Å². The second-order valence-corrected chi connectivity index (χ2v) is 11.5. The number of allylic oxidation sites excluding steroid dienone is 4. The van der Waals surface area contributed by atoms with E-state index in [0.717, 1.165) is 51.6 Å². The molecule has 212 valence electrons. The van der Waals surface area contributed by atoms with Gasteiger partial charge >= 0.3 is 0 Å². The molecule has 0 saturated carbocycles. The fraction of sp³-hybridized carbons (Fsp3) is 0.0500. The highest BCUT2D eigenvalue weighted by Crippen LogP contribution is 2.34. The van der Waals surface area contributed by atoms with Crippen molar-refractivity contribution in [2.45, 2.75) is 12.8 Å². The average Bonchev–Trinajstić information content (AvgIpc) is 3.48. The molecule has 0 fully saturated rings. The Hall–Kier alpha value is -5.94. The van der Waals surface area contributed by atoms with Gasteiger partial charge in [0.1, 0.15) is 5.65 Å². The Balaban J connectivity index is 1.17. The van der Waals surface area contributed by atoms with E-state index >= 15 is 0 Å². The third-order valence-corrected chi connectivity index (χ3v) is 8.70. The van der Waals surface area contributed by atoms with Gasteiger partial charge in [0.05, 0.1) is 11.0 Å². The zero-order valence-corrected chi connectivity index (χ0v) is 24.4. The van der Waals surface area contributed by atoms with E-state index in [0.29, 0.717) is 17.5 Å². The topological polar surface area (TPSA) is 56.0 Å². The lowest BCUT2D eigenvalue weighted by Crippen LogP contribution is -2.00. The van der Waals surface area contributed by atoms with E-state index in [1.807, 2.05) is 60.7 Å². The van der Waals surface area contributed by atoms with Gasteiger partial charge < -0.3 is 0 Å². The van der Waals surface area contributed by atoms with E-state index in [-0.39, 0.29) is 0 Å². The summed E-state index contributed by atoms with van der Waals surface area (Å²) in [5, 5.41) is 4.69. The van der Waals surface area contributed by atoms with Crippen molar-refractivity contribution in [3.05, 3.63) is 145 Å². The van der Waals surface area contributed by atoms with Crippen molar-refractivity contribution < 1.29 is 0 Å². The van der Waals surface area contributed by atoms with Gasteiger partial charge in [-0.05, 0) is 75.9 Å². The van der Waals surface area contributed by atoms with E-state index in [2.05, 4.69) is 83.4 Å². The number of rotatable bonds is 4. The van der Waals surface area contributed by atoms with Gasteiger partial charge in [0.2, 0.25) is 0 Å². The standard InChI is InChI=1S/C40H27N5/c1-4-10-26(11-5-1)29-20-21-45-36-25-34-31(23-35(36)41-37(45)24-29)17-16-30-22-32(18-19-33(30)34)40-43-38(27-12-6-2-7-13-27)42-39(44-40)28-14-8-3-9-15-28/h1-4,6-10,12-25H,5,11H2. The summed E-state index contributed by atoms with van der Waals surface area (Å²) in [6.07, 6.45) is 10.9. The molecule has 3 heterocycles. The summed E-state index contributed by atoms with van der Waals surface area (Å²) in [5.41, 5.74) is 8.56. The van der Waals surface area contributed by atoms with E-state index < -0.39 is 0 Å². The van der Waals surface area contributed by atoms with Crippen molar-refractivity contribution in [1.29, 1.82) is 0 Å². The minimum Gasteiger partial charge on any atom is -0.300 e. The number of hydrogen-bond donors (Lipinski definition) is 0. The second kappa shape index (κ2) is 10.4. The highest BCUT2D eigenvalue weighted by molar-refractivity contribution is 6.12. The Morgan fingerprint density at radius 3 is 1.91 bits per heavy atom. The van der Waals surface area contributed by atoms with Gasteiger partial charge in [-0.3, -0.25) is 4.40 Å². The molecule has 45 heavy (non-hydrogen) atoms. The molecule has 0 radical (unpaired) electrons. The Morgan fingerprint density at radius 1 is 0.533 bits per heavy atom. The first-order valence-corrected chi connectivity index (χ1v) is 15.3. The van der Waals surface area contributed by atoms with Crippen LogP contribution in [-0.2, 0) is 0 Å². The van der Waals surface area contributed by atoms with Crippen molar-refractivity contribution in [3.63, 3.8) is 0 Å². The van der Waals surface area contributed by atoms with Crippen LogP contribution in [0.2, 0.25) is 0 Å². The lowest BCUT2D eigenvalue weighted by molar-refractivity contribution is 1.05. The molecular weight excluding hydrogens is 550 g/mol. The van der Waals surface area contributed by atoms with Crippen LogP contribution in [-0.4, -0.2) is 24.3 Å². The third-order valence-electron chi connectivity index (χ3n) is 8.70. The van der Waals surface area contributed by atoms with E-state index in [9.17, 15) is 0 Å². The number of benzene rings is 5. The normalized spacial score (nSPS) is 13.2. The SMILES string of the molecule is C1=CCCC(c2ccn3c(c2)nc2cc4ccc5cc(-c6nc(-c7ccccc7)nc(-c7ccccc7)n6)ccc5c4cc23)=C1. The number of fused-ring (bicyclic) bond motifs is 6. The minimum absolute atomic E-state index is 0.654. The Kier molecular flexibility index (Phi) is 5.88. The molecule has 0 atom stereocenters. The summed E-state index contributed by atoms with van der Waals surface area (Å²) < 4.78 is 2.20. The van der Waals surface area contributed by atoms with Crippen LogP contribution in [0.15, 0.2) is 140 Å².